The third kappa shape index (κ3) is 2.85. The Hall–Kier alpha value is -1.60. The lowest BCUT2D eigenvalue weighted by molar-refractivity contribution is 0.501. The van der Waals surface area contributed by atoms with E-state index in [0.29, 0.717) is 11.8 Å². The Morgan fingerprint density at radius 3 is 2.07 bits per heavy atom. The first kappa shape index (κ1) is 18.4. The second-order valence-corrected chi connectivity index (χ2v) is 15.4. The summed E-state index contributed by atoms with van der Waals surface area (Å²) in [5.74, 6) is 4.56. The van der Waals surface area contributed by atoms with Crippen LogP contribution in [0.15, 0.2) is 78.9 Å². The summed E-state index contributed by atoms with van der Waals surface area (Å²) in [6, 6.07) is 11.5. The summed E-state index contributed by atoms with van der Waals surface area (Å²) >= 11 is 0. The van der Waals surface area contributed by atoms with Crippen molar-refractivity contribution in [2.75, 3.05) is 0 Å². The standard InChI is InChI=1S/C27H34Si/c1-19-17-21-13-8-10-16-24(21)27(19)28(2,3)25-18-22-14-7-9-15-23(22)26(25)20-11-5-4-6-12-20/h4-16,19,21-27H,17-18H2,1-3H3. The van der Waals surface area contributed by atoms with Crippen LogP contribution in [0, 0.1) is 29.6 Å². The summed E-state index contributed by atoms with van der Waals surface area (Å²) < 4.78 is 0. The van der Waals surface area contributed by atoms with Crippen LogP contribution in [0.25, 0.3) is 0 Å². The molecular weight excluding hydrogens is 352 g/mol. The normalized spacial score (nSPS) is 41.2. The molecule has 5 rings (SSSR count). The molecule has 2 fully saturated rings. The molecule has 0 spiro atoms. The van der Waals surface area contributed by atoms with Crippen molar-refractivity contribution in [3.8, 4) is 0 Å². The van der Waals surface area contributed by atoms with E-state index in [0.717, 1.165) is 34.8 Å². The summed E-state index contributed by atoms with van der Waals surface area (Å²) in [7, 11) is -1.50. The van der Waals surface area contributed by atoms with Crippen molar-refractivity contribution in [2.24, 2.45) is 29.6 Å². The Bertz CT molecular complexity index is 827. The predicted octanol–water partition coefficient (Wildman–Crippen LogP) is 7.38. The van der Waals surface area contributed by atoms with E-state index < -0.39 is 8.07 Å². The largest absolute Gasteiger partial charge is 0.0808 e. The van der Waals surface area contributed by atoms with Crippen molar-refractivity contribution in [3.05, 3.63) is 84.5 Å². The summed E-state index contributed by atoms with van der Waals surface area (Å²) in [5.41, 5.74) is 3.35. The second kappa shape index (κ2) is 7.02. The van der Waals surface area contributed by atoms with Gasteiger partial charge in [0.1, 0.15) is 0 Å². The first-order valence-electron chi connectivity index (χ1n) is 11.3. The lowest BCUT2D eigenvalue weighted by Gasteiger charge is -2.44. The van der Waals surface area contributed by atoms with Crippen LogP contribution >= 0.6 is 0 Å². The van der Waals surface area contributed by atoms with Crippen LogP contribution in [0.3, 0.4) is 0 Å². The Kier molecular flexibility index (Phi) is 4.62. The smallest absolute Gasteiger partial charge is 0.0551 e. The molecule has 0 radical (unpaired) electrons. The molecule has 0 nitrogen and oxygen atoms in total. The van der Waals surface area contributed by atoms with Crippen molar-refractivity contribution in [3.63, 3.8) is 0 Å². The minimum Gasteiger partial charge on any atom is -0.0808 e. The molecule has 0 amide bonds. The van der Waals surface area contributed by atoms with E-state index in [1.807, 2.05) is 0 Å². The molecule has 0 saturated heterocycles. The van der Waals surface area contributed by atoms with Gasteiger partial charge in [-0.05, 0) is 65.0 Å². The minimum atomic E-state index is -1.50. The summed E-state index contributed by atoms with van der Waals surface area (Å²) in [6.45, 7) is 8.04. The van der Waals surface area contributed by atoms with E-state index in [-0.39, 0.29) is 0 Å². The van der Waals surface area contributed by atoms with Gasteiger partial charge in [0.2, 0.25) is 0 Å². The Morgan fingerprint density at radius 2 is 1.36 bits per heavy atom. The van der Waals surface area contributed by atoms with Gasteiger partial charge in [-0.2, -0.15) is 0 Å². The van der Waals surface area contributed by atoms with Gasteiger partial charge in [-0.15, -0.1) is 0 Å². The molecule has 0 aliphatic heterocycles. The van der Waals surface area contributed by atoms with Crippen LogP contribution in [-0.4, -0.2) is 8.07 Å². The van der Waals surface area contributed by atoms with Crippen LogP contribution in [0.1, 0.15) is 31.2 Å². The third-order valence-electron chi connectivity index (χ3n) is 8.64. The summed E-state index contributed by atoms with van der Waals surface area (Å²) in [6.07, 6.45) is 22.1. The third-order valence-corrected chi connectivity index (χ3v) is 13.8. The number of fused-ring (bicyclic) bond motifs is 2. The van der Waals surface area contributed by atoms with Gasteiger partial charge in [0.15, 0.2) is 0 Å². The van der Waals surface area contributed by atoms with E-state index in [2.05, 4.69) is 99.0 Å². The van der Waals surface area contributed by atoms with Crippen molar-refractivity contribution in [1.82, 2.24) is 0 Å². The van der Waals surface area contributed by atoms with E-state index in [4.69, 9.17) is 0 Å². The maximum atomic E-state index is 2.74. The molecule has 1 aromatic carbocycles. The first-order chi connectivity index (χ1) is 13.6. The van der Waals surface area contributed by atoms with Crippen LogP contribution < -0.4 is 0 Å². The van der Waals surface area contributed by atoms with Crippen molar-refractivity contribution in [2.45, 2.75) is 49.9 Å². The fourth-order valence-electron chi connectivity index (χ4n) is 7.62. The van der Waals surface area contributed by atoms with Crippen LogP contribution in [0.4, 0.5) is 0 Å². The maximum absolute atomic E-state index is 2.74. The van der Waals surface area contributed by atoms with Gasteiger partial charge in [0, 0.05) is 0 Å². The number of rotatable bonds is 3. The molecule has 1 aromatic rings. The van der Waals surface area contributed by atoms with Crippen molar-refractivity contribution in [1.29, 1.82) is 0 Å². The average molecular weight is 387 g/mol. The fourth-order valence-corrected chi connectivity index (χ4v) is 13.3. The number of hydrogen-bond donors (Lipinski definition) is 0. The summed E-state index contributed by atoms with van der Waals surface area (Å²) in [5, 5.41) is 0. The SMILES string of the molecule is CC1CC2C=CC=CC2C1[Si](C)(C)C1CC2C=CC=CC2C1c1ccccc1. The zero-order valence-electron chi connectivity index (χ0n) is 17.5. The monoisotopic (exact) mass is 386 g/mol. The van der Waals surface area contributed by atoms with Gasteiger partial charge >= 0.3 is 0 Å². The average Bonchev–Trinajstić information content (AvgIpc) is 3.26. The molecule has 4 aliphatic carbocycles. The zero-order chi connectivity index (χ0) is 19.3. The number of hydrogen-bond acceptors (Lipinski definition) is 0. The van der Waals surface area contributed by atoms with Crippen LogP contribution in [-0.2, 0) is 0 Å². The minimum absolute atomic E-state index is 0.693. The van der Waals surface area contributed by atoms with Gasteiger partial charge in [0.05, 0.1) is 8.07 Å². The van der Waals surface area contributed by atoms with E-state index in [9.17, 15) is 0 Å². The lowest BCUT2D eigenvalue weighted by atomic mass is 9.82. The molecule has 8 unspecified atom stereocenters. The topological polar surface area (TPSA) is 0 Å². The van der Waals surface area contributed by atoms with E-state index >= 15 is 0 Å². The predicted molar refractivity (Wildman–Crippen MR) is 123 cm³/mol. The van der Waals surface area contributed by atoms with Gasteiger partial charge in [-0.3, -0.25) is 0 Å². The Labute approximate surface area is 172 Å². The molecule has 28 heavy (non-hydrogen) atoms. The number of benzene rings is 1. The summed E-state index contributed by atoms with van der Waals surface area (Å²) in [4.78, 5) is 0. The highest BCUT2D eigenvalue weighted by Gasteiger charge is 2.56. The molecule has 2 saturated carbocycles. The van der Waals surface area contributed by atoms with Crippen molar-refractivity contribution >= 4 is 8.07 Å². The van der Waals surface area contributed by atoms with Gasteiger partial charge in [-0.1, -0.05) is 99.0 Å². The highest BCUT2D eigenvalue weighted by atomic mass is 28.3. The molecular formula is C27H34Si. The first-order valence-corrected chi connectivity index (χ1v) is 14.5. The van der Waals surface area contributed by atoms with Gasteiger partial charge in [-0.25, -0.2) is 0 Å². The van der Waals surface area contributed by atoms with E-state index in [1.165, 1.54) is 12.8 Å². The number of allylic oxidation sites excluding steroid dienone is 8. The Morgan fingerprint density at radius 1 is 0.750 bits per heavy atom. The molecule has 4 aliphatic rings. The van der Waals surface area contributed by atoms with E-state index in [1.54, 1.807) is 5.56 Å². The van der Waals surface area contributed by atoms with Crippen LogP contribution in [0.5, 0.6) is 0 Å². The molecule has 0 N–H and O–H groups in total. The molecule has 8 atom stereocenters. The fraction of sp³-hybridized carbons (Fsp3) is 0.481. The van der Waals surface area contributed by atoms with Gasteiger partial charge < -0.3 is 0 Å². The molecule has 0 aromatic heterocycles. The maximum Gasteiger partial charge on any atom is 0.0551 e. The highest BCUT2D eigenvalue weighted by molar-refractivity contribution is 6.80. The van der Waals surface area contributed by atoms with Gasteiger partial charge in [0.25, 0.3) is 0 Å². The molecule has 146 valence electrons. The zero-order valence-corrected chi connectivity index (χ0v) is 18.5. The lowest BCUT2D eigenvalue weighted by Crippen LogP contribution is -2.43. The Balaban J connectivity index is 1.54. The van der Waals surface area contributed by atoms with Crippen molar-refractivity contribution < 1.29 is 0 Å². The molecule has 1 heteroatoms. The second-order valence-electron chi connectivity index (χ2n) is 10.4. The highest BCUT2D eigenvalue weighted by Crippen LogP contribution is 2.63. The molecule has 0 heterocycles. The van der Waals surface area contributed by atoms with Crippen LogP contribution in [0.2, 0.25) is 24.2 Å². The molecule has 0 bridgehead atoms. The quantitative estimate of drug-likeness (QED) is 0.475.